The van der Waals surface area contributed by atoms with E-state index in [-0.39, 0.29) is 18.9 Å². The van der Waals surface area contributed by atoms with Gasteiger partial charge in [-0.2, -0.15) is 0 Å². The fourth-order valence-electron chi connectivity index (χ4n) is 3.59. The molecule has 4 rings (SSSR count). The maximum absolute atomic E-state index is 12.2. The predicted octanol–water partition coefficient (Wildman–Crippen LogP) is 2.83. The lowest BCUT2D eigenvalue weighted by Crippen LogP contribution is -2.42. The molecular weight excluding hydrogens is 342 g/mol. The molecule has 6 heteroatoms. The quantitative estimate of drug-likeness (QED) is 0.853. The maximum Gasteiger partial charge on any atom is 0.315 e. The Morgan fingerprint density at radius 2 is 1.96 bits per heavy atom. The number of nitrogens with zero attached hydrogens (tertiary/aromatic N) is 1. The van der Waals surface area contributed by atoms with Gasteiger partial charge in [-0.1, -0.05) is 30.3 Å². The second kappa shape index (κ2) is 7.88. The highest BCUT2D eigenvalue weighted by atomic mass is 16.7. The molecule has 142 valence electrons. The van der Waals surface area contributed by atoms with Crippen LogP contribution in [0.25, 0.3) is 0 Å². The second-order valence-electron chi connectivity index (χ2n) is 7.03. The molecule has 0 fully saturated rings. The van der Waals surface area contributed by atoms with Crippen LogP contribution in [0.5, 0.6) is 11.5 Å². The first-order valence-corrected chi connectivity index (χ1v) is 9.42. The summed E-state index contributed by atoms with van der Waals surface area (Å²) in [5, 5.41) is 5.94. The minimum atomic E-state index is -0.155. The van der Waals surface area contributed by atoms with Crippen molar-refractivity contribution < 1.29 is 14.3 Å². The number of carbonyl (C=O) groups excluding carboxylic acids is 1. The zero-order valence-corrected chi connectivity index (χ0v) is 15.5. The van der Waals surface area contributed by atoms with E-state index in [0.29, 0.717) is 6.54 Å². The van der Waals surface area contributed by atoms with Crippen molar-refractivity contribution in [3.8, 4) is 11.5 Å². The molecule has 2 N–H and O–H groups in total. The average Bonchev–Trinajstić information content (AvgIpc) is 3.15. The van der Waals surface area contributed by atoms with Crippen molar-refractivity contribution in [2.75, 3.05) is 26.4 Å². The van der Waals surface area contributed by atoms with Crippen LogP contribution in [0.4, 0.5) is 4.79 Å². The third-order valence-corrected chi connectivity index (χ3v) is 5.17. The summed E-state index contributed by atoms with van der Waals surface area (Å²) in [4.78, 5) is 14.6. The van der Waals surface area contributed by atoms with E-state index in [1.165, 1.54) is 11.1 Å². The Morgan fingerprint density at radius 3 is 2.85 bits per heavy atom. The summed E-state index contributed by atoms with van der Waals surface area (Å²) in [7, 11) is 0. The summed E-state index contributed by atoms with van der Waals surface area (Å²) in [6, 6.07) is 14.1. The molecule has 0 aromatic heterocycles. The molecule has 2 aliphatic rings. The van der Waals surface area contributed by atoms with Gasteiger partial charge in [-0.05, 0) is 42.2 Å². The van der Waals surface area contributed by atoms with Gasteiger partial charge in [0.25, 0.3) is 0 Å². The van der Waals surface area contributed by atoms with Crippen molar-refractivity contribution >= 4 is 6.03 Å². The minimum absolute atomic E-state index is 0.110. The van der Waals surface area contributed by atoms with Gasteiger partial charge in [-0.15, -0.1) is 0 Å². The largest absolute Gasteiger partial charge is 0.454 e. The van der Waals surface area contributed by atoms with Gasteiger partial charge < -0.3 is 20.1 Å². The van der Waals surface area contributed by atoms with Crippen LogP contribution in [0.3, 0.4) is 0 Å². The van der Waals surface area contributed by atoms with Crippen LogP contribution in [0.15, 0.2) is 42.5 Å². The van der Waals surface area contributed by atoms with Gasteiger partial charge in [0.2, 0.25) is 6.79 Å². The van der Waals surface area contributed by atoms with Gasteiger partial charge in [0.15, 0.2) is 11.5 Å². The van der Waals surface area contributed by atoms with Crippen molar-refractivity contribution in [2.45, 2.75) is 25.9 Å². The third-order valence-electron chi connectivity index (χ3n) is 5.17. The molecule has 0 aliphatic carbocycles. The Bertz CT molecular complexity index is 824. The van der Waals surface area contributed by atoms with Gasteiger partial charge in [0.05, 0.1) is 6.04 Å². The smallest absolute Gasteiger partial charge is 0.315 e. The van der Waals surface area contributed by atoms with Crippen molar-refractivity contribution in [2.24, 2.45) is 0 Å². The van der Waals surface area contributed by atoms with E-state index in [2.05, 4.69) is 39.8 Å². The van der Waals surface area contributed by atoms with E-state index < -0.39 is 0 Å². The van der Waals surface area contributed by atoms with E-state index >= 15 is 0 Å². The number of nitrogens with one attached hydrogen (secondary N) is 2. The number of benzene rings is 2. The third kappa shape index (κ3) is 4.17. The summed E-state index contributed by atoms with van der Waals surface area (Å²) in [6.45, 7) is 5.67. The summed E-state index contributed by atoms with van der Waals surface area (Å²) in [5.41, 5.74) is 3.82. The van der Waals surface area contributed by atoms with Gasteiger partial charge in [0.1, 0.15) is 0 Å². The SMILES string of the molecule is CC(NC(=O)NCCN1CCc2ccccc2C1)c1ccc2c(c1)OCO2. The molecular formula is C21H25N3O3. The van der Waals surface area contributed by atoms with Gasteiger partial charge in [-0.3, -0.25) is 4.90 Å². The minimum Gasteiger partial charge on any atom is -0.454 e. The van der Waals surface area contributed by atoms with Crippen molar-refractivity contribution in [3.63, 3.8) is 0 Å². The highest BCUT2D eigenvalue weighted by molar-refractivity contribution is 5.74. The number of urea groups is 1. The Balaban J connectivity index is 1.22. The molecule has 27 heavy (non-hydrogen) atoms. The van der Waals surface area contributed by atoms with Gasteiger partial charge in [0, 0.05) is 26.2 Å². The molecule has 0 radical (unpaired) electrons. The van der Waals surface area contributed by atoms with Gasteiger partial charge >= 0.3 is 6.03 Å². The molecule has 0 bridgehead atoms. The fraction of sp³-hybridized carbons (Fsp3) is 0.381. The molecule has 2 aliphatic heterocycles. The number of hydrogen-bond donors (Lipinski definition) is 2. The first kappa shape index (κ1) is 17.7. The maximum atomic E-state index is 12.2. The number of rotatable bonds is 5. The molecule has 2 aromatic carbocycles. The number of amides is 2. The highest BCUT2D eigenvalue weighted by Crippen LogP contribution is 2.34. The lowest BCUT2D eigenvalue weighted by Gasteiger charge is -2.28. The van der Waals surface area contributed by atoms with Crippen molar-refractivity contribution in [1.29, 1.82) is 0 Å². The Kier molecular flexibility index (Phi) is 5.16. The molecule has 0 saturated carbocycles. The molecule has 1 unspecified atom stereocenters. The summed E-state index contributed by atoms with van der Waals surface area (Å²) in [5.74, 6) is 1.48. The zero-order valence-electron chi connectivity index (χ0n) is 15.5. The lowest BCUT2D eigenvalue weighted by atomic mass is 10.00. The van der Waals surface area contributed by atoms with Gasteiger partial charge in [-0.25, -0.2) is 4.79 Å². The number of hydrogen-bond acceptors (Lipinski definition) is 4. The van der Waals surface area contributed by atoms with E-state index in [0.717, 1.165) is 43.1 Å². The molecule has 1 atom stereocenters. The summed E-state index contributed by atoms with van der Waals surface area (Å²) in [6.07, 6.45) is 1.07. The Labute approximate surface area is 159 Å². The van der Waals surface area contributed by atoms with Crippen LogP contribution in [-0.2, 0) is 13.0 Å². The summed E-state index contributed by atoms with van der Waals surface area (Å²) < 4.78 is 10.7. The first-order valence-electron chi connectivity index (χ1n) is 9.42. The first-order chi connectivity index (χ1) is 13.2. The van der Waals surface area contributed by atoms with E-state index in [4.69, 9.17) is 9.47 Å². The van der Waals surface area contributed by atoms with Crippen LogP contribution in [-0.4, -0.2) is 37.4 Å². The second-order valence-corrected chi connectivity index (χ2v) is 7.03. The molecule has 0 saturated heterocycles. The molecule has 2 heterocycles. The number of carbonyl (C=O) groups is 1. The molecule has 0 spiro atoms. The molecule has 2 aromatic rings. The highest BCUT2D eigenvalue weighted by Gasteiger charge is 2.18. The lowest BCUT2D eigenvalue weighted by molar-refractivity contribution is 0.174. The topological polar surface area (TPSA) is 62.8 Å². The van der Waals surface area contributed by atoms with Crippen LogP contribution >= 0.6 is 0 Å². The average molecular weight is 367 g/mol. The van der Waals surface area contributed by atoms with Crippen LogP contribution in [0.1, 0.15) is 29.7 Å². The Morgan fingerprint density at radius 1 is 1.15 bits per heavy atom. The number of ether oxygens (including phenoxy) is 2. The molecule has 2 amide bonds. The molecule has 6 nitrogen and oxygen atoms in total. The van der Waals surface area contributed by atoms with E-state index in [1.807, 2.05) is 25.1 Å². The monoisotopic (exact) mass is 367 g/mol. The van der Waals surface area contributed by atoms with Crippen LogP contribution in [0.2, 0.25) is 0 Å². The van der Waals surface area contributed by atoms with Crippen LogP contribution < -0.4 is 20.1 Å². The van der Waals surface area contributed by atoms with E-state index in [1.54, 1.807) is 0 Å². The van der Waals surface area contributed by atoms with Crippen LogP contribution in [0, 0.1) is 0 Å². The van der Waals surface area contributed by atoms with Crippen molar-refractivity contribution in [1.82, 2.24) is 15.5 Å². The number of fused-ring (bicyclic) bond motifs is 2. The predicted molar refractivity (Wildman–Crippen MR) is 103 cm³/mol. The van der Waals surface area contributed by atoms with Crippen molar-refractivity contribution in [3.05, 3.63) is 59.2 Å². The normalized spacial score (nSPS) is 16.5. The fourth-order valence-corrected chi connectivity index (χ4v) is 3.59. The Hall–Kier alpha value is -2.73. The standard InChI is InChI=1S/C21H25N3O3/c1-15(17-6-7-19-20(12-17)27-14-26-19)23-21(25)22-9-11-24-10-8-16-4-2-3-5-18(16)13-24/h2-7,12,15H,8-11,13-14H2,1H3,(H2,22,23,25). The zero-order chi connectivity index (χ0) is 18.6. The summed E-state index contributed by atoms with van der Waals surface area (Å²) >= 11 is 0. The van der Waals surface area contributed by atoms with E-state index in [9.17, 15) is 4.79 Å².